The predicted octanol–water partition coefficient (Wildman–Crippen LogP) is 7.55. The van der Waals surface area contributed by atoms with E-state index in [1.54, 1.807) is 41.5 Å². The number of rotatable bonds is 10. The summed E-state index contributed by atoms with van der Waals surface area (Å²) in [7, 11) is 0. The molecule has 12 nitrogen and oxygen atoms in total. The van der Waals surface area contributed by atoms with E-state index in [-0.39, 0.29) is 59.8 Å². The van der Waals surface area contributed by atoms with E-state index >= 15 is 0 Å². The number of aromatic nitrogens is 2. The van der Waals surface area contributed by atoms with Crippen molar-refractivity contribution >= 4 is 35.4 Å². The highest BCUT2D eigenvalue weighted by atomic mass is 19.4. The molecule has 0 saturated carbocycles. The minimum Gasteiger partial charge on any atom is -0.444 e. The number of carbonyl (C=O) groups is 4. The number of ether oxygens (including phenoxy) is 2. The molecule has 4 N–H and O–H groups in total. The number of carbonyl (C=O) groups excluding carboxylic acids is 4. The molecule has 0 aliphatic heterocycles. The molecule has 0 aliphatic carbocycles. The van der Waals surface area contributed by atoms with E-state index < -0.39 is 58.7 Å². The van der Waals surface area contributed by atoms with Gasteiger partial charge in [0.15, 0.2) is 0 Å². The summed E-state index contributed by atoms with van der Waals surface area (Å²) in [5.41, 5.74) is -4.69. The molecule has 3 aromatic rings. The number of alkyl carbamates (subject to hydrolysis) is 2. The van der Waals surface area contributed by atoms with Crippen molar-refractivity contribution in [3.63, 3.8) is 0 Å². The van der Waals surface area contributed by atoms with Gasteiger partial charge >= 0.3 is 24.5 Å². The lowest BCUT2D eigenvalue weighted by Gasteiger charge is -2.19. The van der Waals surface area contributed by atoms with E-state index in [9.17, 15) is 45.5 Å². The van der Waals surface area contributed by atoms with Gasteiger partial charge in [-0.3, -0.25) is 9.59 Å². The molecule has 1 aromatic heterocycles. The van der Waals surface area contributed by atoms with Crippen molar-refractivity contribution in [1.82, 2.24) is 20.8 Å². The second kappa shape index (κ2) is 16.3. The molecule has 0 radical (unpaired) electrons. The molecule has 0 bridgehead atoms. The van der Waals surface area contributed by atoms with Crippen molar-refractivity contribution in [2.24, 2.45) is 0 Å². The third-order valence-electron chi connectivity index (χ3n) is 6.50. The van der Waals surface area contributed by atoms with E-state index in [2.05, 4.69) is 31.5 Å². The molecule has 0 spiro atoms. The van der Waals surface area contributed by atoms with Gasteiger partial charge in [0.05, 0.1) is 33.9 Å². The molecule has 1 heterocycles. The summed E-state index contributed by atoms with van der Waals surface area (Å²) < 4.78 is 92.1. The summed E-state index contributed by atoms with van der Waals surface area (Å²) in [6.45, 7) is 9.58. The van der Waals surface area contributed by atoms with E-state index in [4.69, 9.17) is 9.47 Å². The number of halogens is 6. The topological polar surface area (TPSA) is 161 Å². The maximum absolute atomic E-state index is 13.7. The number of anilines is 2. The van der Waals surface area contributed by atoms with Crippen LogP contribution in [-0.2, 0) is 31.4 Å². The van der Waals surface area contributed by atoms with Crippen LogP contribution in [0.5, 0.6) is 0 Å². The predicted molar refractivity (Wildman–Crippen MR) is 178 cm³/mol. The number of amides is 4. The zero-order valence-corrected chi connectivity index (χ0v) is 29.1. The number of benzene rings is 2. The highest BCUT2D eigenvalue weighted by Gasteiger charge is 2.33. The van der Waals surface area contributed by atoms with Crippen LogP contribution in [0.3, 0.4) is 0 Å². The van der Waals surface area contributed by atoms with Gasteiger partial charge in [0, 0.05) is 37.1 Å². The maximum Gasteiger partial charge on any atom is 0.416 e. The summed E-state index contributed by atoms with van der Waals surface area (Å²) in [6.07, 6.45) is -11.7. The standard InChI is InChI=1S/C34H38F6N6O6/c1-31(2,3)51-29(49)41-15-13-27(47)43-23-9-7-19(33(35,36)37)17-21(23)25-11-12-26(46-45-25)22-18-20(34(38,39)40)8-10-24(22)44-28(48)14-16-42-30(50)52-32(4,5)6/h7-12,17-18H,13-16H2,1-6H3,(H,41,49)(H,42,50)(H,43,47)(H,44,48). The van der Waals surface area contributed by atoms with Crippen LogP contribution in [0.25, 0.3) is 22.5 Å². The summed E-state index contributed by atoms with van der Waals surface area (Å²) in [4.78, 5) is 49.0. The van der Waals surface area contributed by atoms with Crippen LogP contribution in [-0.4, -0.2) is 58.5 Å². The quantitative estimate of drug-likeness (QED) is 0.155. The van der Waals surface area contributed by atoms with Gasteiger partial charge in [-0.1, -0.05) is 0 Å². The Balaban J connectivity index is 1.87. The van der Waals surface area contributed by atoms with Crippen LogP contribution >= 0.6 is 0 Å². The number of hydrogen-bond donors (Lipinski definition) is 4. The van der Waals surface area contributed by atoms with Gasteiger partial charge in [-0.25, -0.2) is 9.59 Å². The first-order chi connectivity index (χ1) is 23.9. The van der Waals surface area contributed by atoms with Crippen LogP contribution in [0.15, 0.2) is 48.5 Å². The summed E-state index contributed by atoms with van der Waals surface area (Å²) >= 11 is 0. The Kier molecular flexibility index (Phi) is 12.8. The molecular formula is C34H38F6N6O6. The van der Waals surface area contributed by atoms with Crippen LogP contribution in [0.1, 0.15) is 65.5 Å². The van der Waals surface area contributed by atoms with Crippen LogP contribution in [0.4, 0.5) is 47.3 Å². The number of nitrogens with zero attached hydrogens (tertiary/aromatic N) is 2. The lowest BCUT2D eigenvalue weighted by Crippen LogP contribution is -2.34. The Morgan fingerprint density at radius 2 is 0.923 bits per heavy atom. The van der Waals surface area contributed by atoms with Crippen molar-refractivity contribution in [3.8, 4) is 22.5 Å². The van der Waals surface area contributed by atoms with Crippen LogP contribution < -0.4 is 21.3 Å². The second-order valence-electron chi connectivity index (χ2n) is 13.3. The Morgan fingerprint density at radius 3 is 1.21 bits per heavy atom. The molecule has 18 heteroatoms. The molecule has 0 atom stereocenters. The molecule has 3 rings (SSSR count). The first-order valence-electron chi connectivity index (χ1n) is 15.7. The first-order valence-corrected chi connectivity index (χ1v) is 15.7. The second-order valence-corrected chi connectivity index (χ2v) is 13.3. The SMILES string of the molecule is CC(C)(C)OC(=O)NCCC(=O)Nc1ccc(C(F)(F)F)cc1-c1ccc(-c2cc(C(F)(F)F)ccc2NC(=O)CCNC(=O)OC(C)(C)C)nn1. The number of hydrogen-bond acceptors (Lipinski definition) is 8. The lowest BCUT2D eigenvalue weighted by molar-refractivity contribution is -0.138. The normalized spacial score (nSPS) is 12.1. The fraction of sp³-hybridized carbons (Fsp3) is 0.412. The monoisotopic (exact) mass is 740 g/mol. The van der Waals surface area contributed by atoms with Crippen molar-refractivity contribution in [2.75, 3.05) is 23.7 Å². The van der Waals surface area contributed by atoms with E-state index in [0.29, 0.717) is 0 Å². The number of alkyl halides is 6. The molecule has 0 unspecified atom stereocenters. The highest BCUT2D eigenvalue weighted by molar-refractivity contribution is 5.96. The average molecular weight is 741 g/mol. The summed E-state index contributed by atoms with van der Waals surface area (Å²) in [6, 6.07) is 7.30. The van der Waals surface area contributed by atoms with Gasteiger partial charge < -0.3 is 30.7 Å². The van der Waals surface area contributed by atoms with Crippen molar-refractivity contribution in [2.45, 2.75) is 77.9 Å². The first kappa shape index (κ1) is 41.0. The van der Waals surface area contributed by atoms with E-state index in [1.807, 2.05) is 0 Å². The highest BCUT2D eigenvalue weighted by Crippen LogP contribution is 2.38. The van der Waals surface area contributed by atoms with Gasteiger partial charge in [-0.2, -0.15) is 26.3 Å². The van der Waals surface area contributed by atoms with Crippen LogP contribution in [0, 0.1) is 0 Å². The van der Waals surface area contributed by atoms with Gasteiger partial charge in [0.2, 0.25) is 11.8 Å². The molecule has 0 aliphatic rings. The van der Waals surface area contributed by atoms with Crippen molar-refractivity contribution < 1.29 is 55.0 Å². The largest absolute Gasteiger partial charge is 0.444 e. The van der Waals surface area contributed by atoms with Gasteiger partial charge in [0.1, 0.15) is 11.2 Å². The Bertz CT molecular complexity index is 1640. The Labute approximate surface area is 295 Å². The van der Waals surface area contributed by atoms with Crippen LogP contribution in [0.2, 0.25) is 0 Å². The smallest absolute Gasteiger partial charge is 0.416 e. The Hall–Kier alpha value is -5.42. The molecule has 0 fully saturated rings. The third-order valence-corrected chi connectivity index (χ3v) is 6.50. The lowest BCUT2D eigenvalue weighted by atomic mass is 10.0. The summed E-state index contributed by atoms with van der Waals surface area (Å²) in [5, 5.41) is 17.6. The summed E-state index contributed by atoms with van der Waals surface area (Å²) in [5.74, 6) is -1.35. The molecule has 2 aromatic carbocycles. The molecule has 52 heavy (non-hydrogen) atoms. The zero-order chi connectivity index (χ0) is 39.1. The van der Waals surface area contributed by atoms with Gasteiger partial charge in [-0.05, 0) is 90.1 Å². The minimum atomic E-state index is -4.78. The van der Waals surface area contributed by atoms with E-state index in [0.717, 1.165) is 36.4 Å². The van der Waals surface area contributed by atoms with Crippen molar-refractivity contribution in [3.05, 3.63) is 59.7 Å². The average Bonchev–Trinajstić information content (AvgIpc) is 2.98. The third kappa shape index (κ3) is 13.0. The minimum absolute atomic E-state index is 0.0932. The number of nitrogens with one attached hydrogen (secondary N) is 4. The Morgan fingerprint density at radius 1 is 0.577 bits per heavy atom. The fourth-order valence-corrected chi connectivity index (χ4v) is 4.31. The molecule has 282 valence electrons. The fourth-order valence-electron chi connectivity index (χ4n) is 4.31. The van der Waals surface area contributed by atoms with Gasteiger partial charge in [-0.15, -0.1) is 10.2 Å². The maximum atomic E-state index is 13.7. The molecule has 0 saturated heterocycles. The zero-order valence-electron chi connectivity index (χ0n) is 29.1. The molecular weight excluding hydrogens is 702 g/mol. The van der Waals surface area contributed by atoms with Gasteiger partial charge in [0.25, 0.3) is 0 Å². The van der Waals surface area contributed by atoms with E-state index in [1.165, 1.54) is 12.1 Å². The van der Waals surface area contributed by atoms with Crippen molar-refractivity contribution in [1.29, 1.82) is 0 Å². The molecule has 4 amide bonds.